The third-order valence-electron chi connectivity index (χ3n) is 2.59. The quantitative estimate of drug-likeness (QED) is 0.498. The van der Waals surface area contributed by atoms with E-state index in [1.54, 1.807) is 18.9 Å². The van der Waals surface area contributed by atoms with Gasteiger partial charge in [-0.15, -0.1) is 11.8 Å². The zero-order valence-electron chi connectivity index (χ0n) is 10.8. The van der Waals surface area contributed by atoms with Gasteiger partial charge >= 0.3 is 0 Å². The minimum absolute atomic E-state index is 0.608. The number of benzene rings is 2. The number of rotatable bonds is 6. The first-order chi connectivity index (χ1) is 9.31. The molecule has 0 fully saturated rings. The van der Waals surface area contributed by atoms with Gasteiger partial charge in [-0.3, -0.25) is 0 Å². The van der Waals surface area contributed by atoms with E-state index >= 15 is 0 Å². The van der Waals surface area contributed by atoms with Crippen LogP contribution in [0.2, 0.25) is 0 Å². The largest absolute Gasteiger partial charge is 0.496 e. The fourth-order valence-electron chi connectivity index (χ4n) is 1.65. The van der Waals surface area contributed by atoms with E-state index in [9.17, 15) is 0 Å². The van der Waals surface area contributed by atoms with Crippen molar-refractivity contribution in [1.82, 2.24) is 0 Å². The number of nitrogen functional groups attached to an aromatic ring is 1. The molecule has 2 N–H and O–H groups in total. The third-order valence-corrected chi connectivity index (χ3v) is 3.61. The van der Waals surface area contributed by atoms with Crippen molar-refractivity contribution in [3.8, 4) is 11.5 Å². The Morgan fingerprint density at radius 3 is 2.42 bits per heavy atom. The van der Waals surface area contributed by atoms with Crippen LogP contribution >= 0.6 is 11.8 Å². The average Bonchev–Trinajstić information content (AvgIpc) is 2.45. The van der Waals surface area contributed by atoms with E-state index in [4.69, 9.17) is 15.2 Å². The summed E-state index contributed by atoms with van der Waals surface area (Å²) in [5.74, 6) is 2.48. The highest BCUT2D eigenvalue weighted by Crippen LogP contribution is 2.28. The number of hydrogen-bond acceptors (Lipinski definition) is 4. The molecule has 0 bridgehead atoms. The van der Waals surface area contributed by atoms with Crippen LogP contribution in [0.3, 0.4) is 0 Å². The lowest BCUT2D eigenvalue weighted by Crippen LogP contribution is -2.02. The number of thioether (sulfide) groups is 1. The monoisotopic (exact) mass is 275 g/mol. The predicted molar refractivity (Wildman–Crippen MR) is 80.1 cm³/mol. The molecule has 0 saturated carbocycles. The molecule has 0 spiro atoms. The summed E-state index contributed by atoms with van der Waals surface area (Å²) in [6.45, 7) is 0.608. The second-order valence-corrected chi connectivity index (χ2v) is 5.02. The summed E-state index contributed by atoms with van der Waals surface area (Å²) < 4.78 is 10.9. The zero-order chi connectivity index (χ0) is 13.5. The highest BCUT2D eigenvalue weighted by molar-refractivity contribution is 7.99. The van der Waals surface area contributed by atoms with Crippen LogP contribution in [-0.4, -0.2) is 19.5 Å². The van der Waals surface area contributed by atoms with Crippen molar-refractivity contribution in [3.05, 3.63) is 48.5 Å². The van der Waals surface area contributed by atoms with Crippen LogP contribution < -0.4 is 15.2 Å². The lowest BCUT2D eigenvalue weighted by atomic mass is 10.3. The van der Waals surface area contributed by atoms with Crippen molar-refractivity contribution in [1.29, 1.82) is 0 Å². The maximum Gasteiger partial charge on any atom is 0.142 e. The Hall–Kier alpha value is -1.81. The van der Waals surface area contributed by atoms with E-state index in [-0.39, 0.29) is 0 Å². The van der Waals surface area contributed by atoms with Crippen LogP contribution in [0.15, 0.2) is 53.4 Å². The van der Waals surface area contributed by atoms with E-state index in [1.807, 2.05) is 48.5 Å². The van der Waals surface area contributed by atoms with Crippen molar-refractivity contribution in [2.45, 2.75) is 4.90 Å². The molecule has 3 nitrogen and oxygen atoms in total. The first-order valence-electron chi connectivity index (χ1n) is 6.04. The van der Waals surface area contributed by atoms with Crippen molar-refractivity contribution in [3.63, 3.8) is 0 Å². The standard InChI is InChI=1S/C15H17NO2S/c1-17-14-8-4-5-9-15(14)19-11-10-18-13-7-3-2-6-12(13)16/h2-9H,10-11,16H2,1H3. The summed E-state index contributed by atoms with van der Waals surface area (Å²) >= 11 is 1.71. The zero-order valence-corrected chi connectivity index (χ0v) is 11.7. The van der Waals surface area contributed by atoms with Gasteiger partial charge in [0, 0.05) is 10.6 Å². The highest BCUT2D eigenvalue weighted by atomic mass is 32.2. The molecule has 0 aliphatic carbocycles. The summed E-state index contributed by atoms with van der Waals surface area (Å²) in [5.41, 5.74) is 6.48. The molecule has 2 aromatic rings. The molecule has 0 aliphatic heterocycles. The lowest BCUT2D eigenvalue weighted by molar-refractivity contribution is 0.345. The fraction of sp³-hybridized carbons (Fsp3) is 0.200. The summed E-state index contributed by atoms with van der Waals surface area (Å²) in [6, 6.07) is 15.5. The molecular formula is C15H17NO2S. The molecule has 2 aromatic carbocycles. The van der Waals surface area contributed by atoms with E-state index in [2.05, 4.69) is 0 Å². The lowest BCUT2D eigenvalue weighted by Gasteiger charge is -2.10. The van der Waals surface area contributed by atoms with Gasteiger partial charge in [-0.2, -0.15) is 0 Å². The summed E-state index contributed by atoms with van der Waals surface area (Å²) in [7, 11) is 1.68. The van der Waals surface area contributed by atoms with Gasteiger partial charge in [0.2, 0.25) is 0 Å². The van der Waals surface area contributed by atoms with Gasteiger partial charge in [0.25, 0.3) is 0 Å². The van der Waals surface area contributed by atoms with E-state index in [1.165, 1.54) is 0 Å². The van der Waals surface area contributed by atoms with Crippen LogP contribution in [0, 0.1) is 0 Å². The molecule has 0 aromatic heterocycles. The van der Waals surface area contributed by atoms with E-state index in [0.29, 0.717) is 12.3 Å². The molecule has 2 rings (SSSR count). The SMILES string of the molecule is COc1ccccc1SCCOc1ccccc1N. The van der Waals surface area contributed by atoms with Gasteiger partial charge in [0.1, 0.15) is 11.5 Å². The predicted octanol–water partition coefficient (Wildman–Crippen LogP) is 3.45. The molecular weight excluding hydrogens is 258 g/mol. The number of hydrogen-bond donors (Lipinski definition) is 1. The van der Waals surface area contributed by atoms with Crippen molar-refractivity contribution in [2.24, 2.45) is 0 Å². The Balaban J connectivity index is 1.83. The number of nitrogens with two attached hydrogens (primary N) is 1. The Labute approximate surface area is 117 Å². The number of ether oxygens (including phenoxy) is 2. The van der Waals surface area contributed by atoms with Crippen LogP contribution in [-0.2, 0) is 0 Å². The van der Waals surface area contributed by atoms with Crippen LogP contribution in [0.25, 0.3) is 0 Å². The van der Waals surface area contributed by atoms with Gasteiger partial charge < -0.3 is 15.2 Å². The molecule has 0 aliphatic rings. The molecule has 0 atom stereocenters. The minimum Gasteiger partial charge on any atom is -0.496 e. The van der Waals surface area contributed by atoms with Crippen LogP contribution in [0.4, 0.5) is 5.69 Å². The second-order valence-electron chi connectivity index (χ2n) is 3.89. The average molecular weight is 275 g/mol. The minimum atomic E-state index is 0.608. The van der Waals surface area contributed by atoms with Gasteiger partial charge in [-0.1, -0.05) is 24.3 Å². The Kier molecular flexibility index (Phi) is 4.98. The first kappa shape index (κ1) is 13.6. The molecule has 0 unspecified atom stereocenters. The summed E-state index contributed by atoms with van der Waals surface area (Å²) in [5, 5.41) is 0. The maximum absolute atomic E-state index is 5.81. The first-order valence-corrected chi connectivity index (χ1v) is 7.03. The van der Waals surface area contributed by atoms with Crippen molar-refractivity contribution < 1.29 is 9.47 Å². The number of methoxy groups -OCH3 is 1. The van der Waals surface area contributed by atoms with Crippen molar-refractivity contribution in [2.75, 3.05) is 25.2 Å². The maximum atomic E-state index is 5.81. The highest BCUT2D eigenvalue weighted by Gasteiger charge is 2.03. The Bertz CT molecular complexity index is 531. The summed E-state index contributed by atoms with van der Waals surface area (Å²) in [4.78, 5) is 1.12. The molecule has 0 amide bonds. The van der Waals surface area contributed by atoms with E-state index in [0.717, 1.165) is 22.1 Å². The topological polar surface area (TPSA) is 44.5 Å². The van der Waals surface area contributed by atoms with Crippen LogP contribution in [0.5, 0.6) is 11.5 Å². The second kappa shape index (κ2) is 6.95. The molecule has 4 heteroatoms. The molecule has 0 saturated heterocycles. The molecule has 19 heavy (non-hydrogen) atoms. The van der Waals surface area contributed by atoms with Gasteiger partial charge in [-0.25, -0.2) is 0 Å². The van der Waals surface area contributed by atoms with Gasteiger partial charge in [-0.05, 0) is 24.3 Å². The molecule has 0 radical (unpaired) electrons. The van der Waals surface area contributed by atoms with E-state index < -0.39 is 0 Å². The smallest absolute Gasteiger partial charge is 0.142 e. The third kappa shape index (κ3) is 3.83. The van der Waals surface area contributed by atoms with Gasteiger partial charge in [0.05, 0.1) is 19.4 Å². The number of anilines is 1. The van der Waals surface area contributed by atoms with Gasteiger partial charge in [0.15, 0.2) is 0 Å². The Morgan fingerprint density at radius 1 is 1.00 bits per heavy atom. The Morgan fingerprint density at radius 2 is 1.68 bits per heavy atom. The molecule has 100 valence electrons. The van der Waals surface area contributed by atoms with Crippen molar-refractivity contribution >= 4 is 17.4 Å². The normalized spacial score (nSPS) is 10.2. The number of para-hydroxylation sites is 3. The summed E-state index contributed by atoms with van der Waals surface area (Å²) in [6.07, 6.45) is 0. The fourth-order valence-corrected chi connectivity index (χ4v) is 2.51. The molecule has 0 heterocycles. The van der Waals surface area contributed by atoms with Crippen LogP contribution in [0.1, 0.15) is 0 Å².